The number of guanidine groups is 1. The third-order valence-electron chi connectivity index (χ3n) is 4.19. The number of benzene rings is 1. The first kappa shape index (κ1) is 20.5. The minimum absolute atomic E-state index is 0.578. The Morgan fingerprint density at radius 1 is 1.31 bits per heavy atom. The number of aliphatic imine (C=N–C) groups is 1. The monoisotopic (exact) mass is 363 g/mol. The van der Waals surface area contributed by atoms with Crippen molar-refractivity contribution in [2.24, 2.45) is 10.9 Å². The highest BCUT2D eigenvalue weighted by Crippen LogP contribution is 2.13. The van der Waals surface area contributed by atoms with Crippen molar-refractivity contribution in [2.45, 2.75) is 32.7 Å². The fourth-order valence-electron chi connectivity index (χ4n) is 2.72. The molecule has 1 heterocycles. The molecule has 0 bridgehead atoms. The Kier molecular flexibility index (Phi) is 9.90. The van der Waals surface area contributed by atoms with Crippen LogP contribution in [0.25, 0.3) is 0 Å². The molecule has 1 saturated heterocycles. The van der Waals surface area contributed by atoms with E-state index in [1.807, 2.05) is 12.1 Å². The Balaban J connectivity index is 1.58. The molecule has 1 aliphatic rings. The smallest absolute Gasteiger partial charge is 0.191 e. The van der Waals surface area contributed by atoms with Gasteiger partial charge in [-0.2, -0.15) is 0 Å². The SMILES string of the molecule is CCCOc1cccc(CNC(=NC)NCCCOCC2CCOC2)c1. The third kappa shape index (κ3) is 8.06. The fraction of sp³-hybridized carbons (Fsp3) is 0.650. The molecule has 1 unspecified atom stereocenters. The van der Waals surface area contributed by atoms with Crippen LogP contribution in [0.1, 0.15) is 31.7 Å². The van der Waals surface area contributed by atoms with Crippen LogP contribution in [0.3, 0.4) is 0 Å². The predicted molar refractivity (Wildman–Crippen MR) is 105 cm³/mol. The van der Waals surface area contributed by atoms with Gasteiger partial charge in [-0.25, -0.2) is 0 Å². The van der Waals surface area contributed by atoms with Gasteiger partial charge in [-0.3, -0.25) is 4.99 Å². The van der Waals surface area contributed by atoms with E-state index < -0.39 is 0 Å². The lowest BCUT2D eigenvalue weighted by Crippen LogP contribution is -2.37. The van der Waals surface area contributed by atoms with E-state index in [1.165, 1.54) is 5.56 Å². The third-order valence-corrected chi connectivity index (χ3v) is 4.19. The highest BCUT2D eigenvalue weighted by molar-refractivity contribution is 5.79. The lowest BCUT2D eigenvalue weighted by molar-refractivity contribution is 0.0888. The molecule has 1 aliphatic heterocycles. The quantitative estimate of drug-likeness (QED) is 0.359. The largest absolute Gasteiger partial charge is 0.494 e. The maximum absolute atomic E-state index is 5.71. The van der Waals surface area contributed by atoms with Crippen molar-refractivity contribution in [3.8, 4) is 5.75 Å². The number of hydrogen-bond donors (Lipinski definition) is 2. The number of nitrogens with zero attached hydrogens (tertiary/aromatic N) is 1. The summed E-state index contributed by atoms with van der Waals surface area (Å²) in [6, 6.07) is 8.16. The summed E-state index contributed by atoms with van der Waals surface area (Å²) in [4.78, 5) is 4.26. The van der Waals surface area contributed by atoms with E-state index in [0.29, 0.717) is 12.5 Å². The Hall–Kier alpha value is -1.79. The van der Waals surface area contributed by atoms with Crippen LogP contribution in [0, 0.1) is 5.92 Å². The van der Waals surface area contributed by atoms with Crippen LogP contribution in [0.2, 0.25) is 0 Å². The highest BCUT2D eigenvalue weighted by Gasteiger charge is 2.15. The molecule has 6 nitrogen and oxygen atoms in total. The van der Waals surface area contributed by atoms with E-state index in [9.17, 15) is 0 Å². The molecule has 0 spiro atoms. The Morgan fingerprint density at radius 2 is 2.23 bits per heavy atom. The van der Waals surface area contributed by atoms with Crippen molar-refractivity contribution in [1.29, 1.82) is 0 Å². The average Bonchev–Trinajstić information content (AvgIpc) is 3.19. The molecule has 0 amide bonds. The molecular weight excluding hydrogens is 330 g/mol. The van der Waals surface area contributed by atoms with Crippen molar-refractivity contribution in [3.05, 3.63) is 29.8 Å². The first-order valence-electron chi connectivity index (χ1n) is 9.63. The minimum Gasteiger partial charge on any atom is -0.494 e. The molecule has 1 atom stereocenters. The molecule has 146 valence electrons. The predicted octanol–water partition coefficient (Wildman–Crippen LogP) is 2.58. The Bertz CT molecular complexity index is 531. The number of hydrogen-bond acceptors (Lipinski definition) is 4. The average molecular weight is 364 g/mol. The van der Waals surface area contributed by atoms with E-state index >= 15 is 0 Å². The van der Waals surface area contributed by atoms with Crippen LogP contribution in [0.5, 0.6) is 5.75 Å². The second-order valence-corrected chi connectivity index (χ2v) is 6.51. The molecule has 0 saturated carbocycles. The summed E-state index contributed by atoms with van der Waals surface area (Å²) in [7, 11) is 1.78. The van der Waals surface area contributed by atoms with Crippen molar-refractivity contribution >= 4 is 5.96 Å². The normalized spacial score (nSPS) is 17.3. The zero-order valence-corrected chi connectivity index (χ0v) is 16.1. The summed E-state index contributed by atoms with van der Waals surface area (Å²) in [6.07, 6.45) is 3.09. The second-order valence-electron chi connectivity index (χ2n) is 6.51. The highest BCUT2D eigenvalue weighted by atomic mass is 16.5. The summed E-state index contributed by atoms with van der Waals surface area (Å²) in [5.41, 5.74) is 1.17. The maximum Gasteiger partial charge on any atom is 0.191 e. The van der Waals surface area contributed by atoms with Gasteiger partial charge in [-0.1, -0.05) is 19.1 Å². The van der Waals surface area contributed by atoms with Gasteiger partial charge in [0.05, 0.1) is 19.8 Å². The molecule has 2 N–H and O–H groups in total. The van der Waals surface area contributed by atoms with Crippen LogP contribution in [-0.4, -0.2) is 52.6 Å². The maximum atomic E-state index is 5.71. The molecule has 0 aromatic heterocycles. The Labute approximate surface area is 157 Å². The van der Waals surface area contributed by atoms with Gasteiger partial charge in [0, 0.05) is 39.3 Å². The van der Waals surface area contributed by atoms with Crippen molar-refractivity contribution in [1.82, 2.24) is 10.6 Å². The minimum atomic E-state index is 0.578. The molecule has 26 heavy (non-hydrogen) atoms. The van der Waals surface area contributed by atoms with Gasteiger partial charge in [0.1, 0.15) is 5.75 Å². The fourth-order valence-corrected chi connectivity index (χ4v) is 2.72. The van der Waals surface area contributed by atoms with E-state index in [-0.39, 0.29) is 0 Å². The van der Waals surface area contributed by atoms with E-state index in [4.69, 9.17) is 14.2 Å². The Morgan fingerprint density at radius 3 is 3.00 bits per heavy atom. The summed E-state index contributed by atoms with van der Waals surface area (Å²) in [6.45, 7) is 7.69. The molecule has 1 fully saturated rings. The zero-order valence-electron chi connectivity index (χ0n) is 16.1. The lowest BCUT2D eigenvalue weighted by atomic mass is 10.1. The van der Waals surface area contributed by atoms with Crippen LogP contribution < -0.4 is 15.4 Å². The van der Waals surface area contributed by atoms with E-state index in [2.05, 4.69) is 34.7 Å². The molecule has 0 radical (unpaired) electrons. The number of rotatable bonds is 11. The second kappa shape index (κ2) is 12.5. The van der Waals surface area contributed by atoms with Gasteiger partial charge in [0.15, 0.2) is 5.96 Å². The molecule has 1 aromatic rings. The van der Waals surface area contributed by atoms with Crippen LogP contribution >= 0.6 is 0 Å². The zero-order chi connectivity index (χ0) is 18.5. The number of ether oxygens (including phenoxy) is 3. The summed E-state index contributed by atoms with van der Waals surface area (Å²) in [5, 5.41) is 6.65. The van der Waals surface area contributed by atoms with Crippen molar-refractivity contribution in [3.63, 3.8) is 0 Å². The van der Waals surface area contributed by atoms with Crippen LogP contribution in [0.4, 0.5) is 0 Å². The lowest BCUT2D eigenvalue weighted by Gasteiger charge is -2.13. The first-order valence-corrected chi connectivity index (χ1v) is 9.63. The van der Waals surface area contributed by atoms with Gasteiger partial charge in [0.2, 0.25) is 0 Å². The standard InChI is InChI=1S/C20H33N3O3/c1-3-10-26-19-7-4-6-17(13-19)14-23-20(21-2)22-9-5-11-24-15-18-8-12-25-16-18/h4,6-7,13,18H,3,5,8-12,14-16H2,1-2H3,(H2,21,22,23). The van der Waals surface area contributed by atoms with Crippen molar-refractivity contribution < 1.29 is 14.2 Å². The first-order chi connectivity index (χ1) is 12.8. The van der Waals surface area contributed by atoms with E-state index in [1.54, 1.807) is 7.05 Å². The molecule has 1 aromatic carbocycles. The molecule has 0 aliphatic carbocycles. The molecule has 2 rings (SSSR count). The van der Waals surface area contributed by atoms with Gasteiger partial charge < -0.3 is 24.8 Å². The molecular formula is C20H33N3O3. The summed E-state index contributed by atoms with van der Waals surface area (Å²) < 4.78 is 16.7. The van der Waals surface area contributed by atoms with Gasteiger partial charge in [0.25, 0.3) is 0 Å². The number of nitrogens with one attached hydrogen (secondary N) is 2. The van der Waals surface area contributed by atoms with Gasteiger partial charge >= 0.3 is 0 Å². The molecule has 6 heteroatoms. The summed E-state index contributed by atoms with van der Waals surface area (Å²) in [5.74, 6) is 2.29. The van der Waals surface area contributed by atoms with Crippen molar-refractivity contribution in [2.75, 3.05) is 46.6 Å². The van der Waals surface area contributed by atoms with Gasteiger partial charge in [-0.15, -0.1) is 0 Å². The van der Waals surface area contributed by atoms with Crippen LogP contribution in [0.15, 0.2) is 29.3 Å². The summed E-state index contributed by atoms with van der Waals surface area (Å²) >= 11 is 0. The topological polar surface area (TPSA) is 64.1 Å². The van der Waals surface area contributed by atoms with Gasteiger partial charge in [-0.05, 0) is 37.0 Å². The van der Waals surface area contributed by atoms with E-state index in [0.717, 1.165) is 70.6 Å². The van der Waals surface area contributed by atoms with Crippen LogP contribution in [-0.2, 0) is 16.0 Å².